The molecule has 0 rings (SSSR count). The molecule has 1 unspecified atom stereocenters. The average molecular weight is 906 g/mol. The summed E-state index contributed by atoms with van der Waals surface area (Å²) >= 11 is 0. The van der Waals surface area contributed by atoms with Gasteiger partial charge in [0.1, 0.15) is 19.8 Å². The lowest BCUT2D eigenvalue weighted by Gasteiger charge is -2.28. The molecule has 0 radical (unpaired) electrons. The Kier molecular flexibility index (Phi) is 39.9. The molecule has 0 aliphatic carbocycles. The van der Waals surface area contributed by atoms with Gasteiger partial charge in [-0.05, 0) is 89.9 Å². The van der Waals surface area contributed by atoms with Gasteiger partial charge >= 0.3 is 11.9 Å². The Bertz CT molecular complexity index is 1380. The summed E-state index contributed by atoms with van der Waals surface area (Å²) in [5, 5.41) is 20.8. The van der Waals surface area contributed by atoms with Crippen molar-refractivity contribution in [1.82, 2.24) is 0 Å². The normalized spacial score (nSPS) is 15.2. The van der Waals surface area contributed by atoms with Crippen LogP contribution in [0, 0.1) is 0 Å². The smallest absolute Gasteiger partial charge is 0.306 e. The lowest BCUT2D eigenvalue weighted by molar-refractivity contribution is -0.870. The van der Waals surface area contributed by atoms with Crippen molar-refractivity contribution in [3.05, 3.63) is 85.1 Å². The van der Waals surface area contributed by atoms with Gasteiger partial charge in [0.2, 0.25) is 0 Å². The monoisotopic (exact) mass is 906 g/mol. The third-order valence-corrected chi connectivity index (χ3v) is 10.8. The van der Waals surface area contributed by atoms with E-state index >= 15 is 0 Å². The number of allylic oxidation sites excluding steroid dienone is 13. The van der Waals surface area contributed by atoms with Crippen molar-refractivity contribution in [3.8, 4) is 0 Å². The van der Waals surface area contributed by atoms with Crippen LogP contribution in [0.3, 0.4) is 0 Å². The van der Waals surface area contributed by atoms with Gasteiger partial charge in [0.25, 0.3) is 7.82 Å². The molecule has 0 aromatic rings. The molecule has 0 heterocycles. The van der Waals surface area contributed by atoms with Crippen LogP contribution in [-0.4, -0.2) is 92.5 Å². The number of rotatable bonds is 42. The molecule has 0 saturated heterocycles. The minimum absolute atomic E-state index is 0.0904. The van der Waals surface area contributed by atoms with Gasteiger partial charge in [0.05, 0.1) is 40.0 Å². The Labute approximate surface area is 383 Å². The van der Waals surface area contributed by atoms with Crippen molar-refractivity contribution in [1.29, 1.82) is 0 Å². The summed E-state index contributed by atoms with van der Waals surface area (Å²) in [4.78, 5) is 37.7. The molecule has 4 atom stereocenters. The number of esters is 2. The number of carbonyl (C=O) groups is 2. The maximum Gasteiger partial charge on any atom is 0.306 e. The van der Waals surface area contributed by atoms with Gasteiger partial charge in [-0.25, -0.2) is 0 Å². The van der Waals surface area contributed by atoms with E-state index in [9.17, 15) is 29.3 Å². The van der Waals surface area contributed by atoms with Crippen LogP contribution in [0.2, 0.25) is 0 Å². The quantitative estimate of drug-likeness (QED) is 0.0199. The van der Waals surface area contributed by atoms with E-state index in [4.69, 9.17) is 18.5 Å². The summed E-state index contributed by atoms with van der Waals surface area (Å²) in [5.41, 5.74) is 0. The van der Waals surface area contributed by atoms with Crippen molar-refractivity contribution in [2.45, 2.75) is 180 Å². The number of hydrogen-bond donors (Lipinski definition) is 2. The molecule has 0 aliphatic heterocycles. The number of carbonyl (C=O) groups excluding carboxylic acids is 2. The molecule has 0 aliphatic rings. The van der Waals surface area contributed by atoms with E-state index in [0.717, 1.165) is 77.0 Å². The van der Waals surface area contributed by atoms with Gasteiger partial charge in [0, 0.05) is 12.8 Å². The first-order valence-corrected chi connectivity index (χ1v) is 25.4. The van der Waals surface area contributed by atoms with Crippen LogP contribution in [0.25, 0.3) is 0 Å². The third kappa shape index (κ3) is 44.1. The van der Waals surface area contributed by atoms with Gasteiger partial charge in [-0.3, -0.25) is 14.2 Å². The van der Waals surface area contributed by atoms with Gasteiger partial charge < -0.3 is 38.1 Å². The largest absolute Gasteiger partial charge is 0.756 e. The zero-order valence-corrected chi connectivity index (χ0v) is 40.9. The fourth-order valence-corrected chi connectivity index (χ4v) is 6.71. The first kappa shape index (κ1) is 60.1. The number of likely N-dealkylation sites (N-methyl/N-ethyl adjacent to an activating group) is 1. The molecule has 0 fully saturated rings. The number of phosphoric acid groups is 1. The second-order valence-corrected chi connectivity index (χ2v) is 18.5. The maximum atomic E-state index is 12.7. The summed E-state index contributed by atoms with van der Waals surface area (Å²) in [6, 6.07) is 0. The zero-order chi connectivity index (χ0) is 46.7. The number of ether oxygens (including phenoxy) is 2. The third-order valence-electron chi connectivity index (χ3n) is 9.85. The summed E-state index contributed by atoms with van der Waals surface area (Å²) in [7, 11) is 0.965. The van der Waals surface area contributed by atoms with Crippen LogP contribution in [-0.2, 0) is 32.7 Å². The fourth-order valence-electron chi connectivity index (χ4n) is 5.98. The molecule has 0 amide bonds. The number of phosphoric ester groups is 1. The first-order valence-electron chi connectivity index (χ1n) is 24.0. The Morgan fingerprint density at radius 3 is 1.63 bits per heavy atom. The Balaban J connectivity index is 4.57. The highest BCUT2D eigenvalue weighted by atomic mass is 31.2. The SMILES string of the molecule is CC/C=C\C/C=C\C/C=C\C/C=C\C[C@@H](O)[C@H](O)CCCC(=O)O[C@H](COC(=O)CCCCCCCC/C=C\C/C=C\C/C=C\CCCCCC)COP(=O)([O-])OCC[N+](C)(C)C. The maximum absolute atomic E-state index is 12.7. The van der Waals surface area contributed by atoms with E-state index in [2.05, 4.69) is 80.7 Å². The van der Waals surface area contributed by atoms with Gasteiger partial charge in [-0.1, -0.05) is 144 Å². The molecule has 0 aromatic heterocycles. The molecule has 362 valence electrons. The highest BCUT2D eigenvalue weighted by Gasteiger charge is 2.22. The molecule has 12 heteroatoms. The Morgan fingerprint density at radius 2 is 1.08 bits per heavy atom. The molecule has 0 bridgehead atoms. The van der Waals surface area contributed by atoms with E-state index in [1.165, 1.54) is 32.1 Å². The summed E-state index contributed by atoms with van der Waals surface area (Å²) in [5.74, 6) is -1.14. The number of nitrogens with zero attached hydrogens (tertiary/aromatic N) is 1. The molecule has 0 saturated carbocycles. The van der Waals surface area contributed by atoms with Gasteiger partial charge in [0.15, 0.2) is 6.10 Å². The summed E-state index contributed by atoms with van der Waals surface area (Å²) < 4.78 is 33.7. The van der Waals surface area contributed by atoms with Crippen LogP contribution in [0.4, 0.5) is 0 Å². The average Bonchev–Trinajstić information content (AvgIpc) is 3.23. The lowest BCUT2D eigenvalue weighted by Crippen LogP contribution is -2.37. The van der Waals surface area contributed by atoms with Crippen molar-refractivity contribution in [2.24, 2.45) is 0 Å². The molecule has 11 nitrogen and oxygen atoms in total. The van der Waals surface area contributed by atoms with Crippen LogP contribution in [0.1, 0.15) is 162 Å². The number of aliphatic hydroxyl groups is 2. The van der Waals surface area contributed by atoms with Crippen LogP contribution in [0.5, 0.6) is 0 Å². The van der Waals surface area contributed by atoms with Crippen molar-refractivity contribution in [3.63, 3.8) is 0 Å². The van der Waals surface area contributed by atoms with Crippen molar-refractivity contribution >= 4 is 19.8 Å². The standard InChI is InChI=1S/C51H88NO10P/c1-6-8-10-12-14-16-18-20-21-22-23-24-25-26-27-29-31-33-35-37-41-50(55)59-45-47(46-61-63(57,58)60-44-43-52(3,4)5)62-51(56)42-38-40-49(54)48(53)39-36-34-32-30-28-19-17-15-13-11-9-7-2/h9,11,15-18,21-22,24-25,28,30,34,36,47-49,53-54H,6-8,10,12-14,19-20,23,26-27,29,31-33,35,37-46H2,1-5H3/b11-9-,17-15-,18-16-,22-21-,25-24-,30-28-,36-34-/t47-,48-,49-/m1/s1. The highest BCUT2D eigenvalue weighted by molar-refractivity contribution is 7.45. The van der Waals surface area contributed by atoms with E-state index in [1.54, 1.807) is 0 Å². The topological polar surface area (TPSA) is 152 Å². The van der Waals surface area contributed by atoms with E-state index in [0.29, 0.717) is 17.4 Å². The molecule has 2 N–H and O–H groups in total. The van der Waals surface area contributed by atoms with E-state index in [1.807, 2.05) is 39.4 Å². The minimum Gasteiger partial charge on any atom is -0.756 e. The van der Waals surface area contributed by atoms with Crippen molar-refractivity contribution in [2.75, 3.05) is 47.5 Å². The molecular weight excluding hydrogens is 818 g/mol. The fraction of sp³-hybridized carbons (Fsp3) is 0.686. The Morgan fingerprint density at radius 1 is 0.587 bits per heavy atom. The van der Waals surface area contributed by atoms with E-state index < -0.39 is 44.7 Å². The van der Waals surface area contributed by atoms with Crippen LogP contribution in [0.15, 0.2) is 85.1 Å². The molecular formula is C51H88NO10P. The Hall–Kier alpha value is -2.89. The predicted octanol–water partition coefficient (Wildman–Crippen LogP) is 11.3. The van der Waals surface area contributed by atoms with Gasteiger partial charge in [-0.15, -0.1) is 0 Å². The van der Waals surface area contributed by atoms with E-state index in [-0.39, 0.29) is 45.3 Å². The van der Waals surface area contributed by atoms with Gasteiger partial charge in [-0.2, -0.15) is 0 Å². The number of aliphatic hydroxyl groups excluding tert-OH is 2. The minimum atomic E-state index is -4.72. The predicted molar refractivity (Wildman–Crippen MR) is 257 cm³/mol. The van der Waals surface area contributed by atoms with Crippen LogP contribution < -0.4 is 4.89 Å². The molecule has 63 heavy (non-hydrogen) atoms. The first-order chi connectivity index (χ1) is 30.3. The molecule has 0 spiro atoms. The van der Waals surface area contributed by atoms with Crippen molar-refractivity contribution < 1.29 is 52.3 Å². The summed E-state index contributed by atoms with van der Waals surface area (Å²) in [6.07, 6.45) is 46.4. The second kappa shape index (κ2) is 41.8. The number of quaternary nitrogens is 1. The highest BCUT2D eigenvalue weighted by Crippen LogP contribution is 2.38. The zero-order valence-electron chi connectivity index (χ0n) is 40.0. The summed E-state index contributed by atoms with van der Waals surface area (Å²) in [6.45, 7) is 3.72. The van der Waals surface area contributed by atoms with Crippen LogP contribution >= 0.6 is 7.82 Å². The number of unbranched alkanes of at least 4 members (excludes halogenated alkanes) is 10. The lowest BCUT2D eigenvalue weighted by atomic mass is 10.0. The molecule has 0 aromatic carbocycles. The second-order valence-electron chi connectivity index (χ2n) is 17.0. The number of hydrogen-bond acceptors (Lipinski definition) is 10.